The fourth-order valence-electron chi connectivity index (χ4n) is 5.90. The van der Waals surface area contributed by atoms with Gasteiger partial charge in [0.15, 0.2) is 0 Å². The molecule has 2 aliphatic rings. The van der Waals surface area contributed by atoms with Gasteiger partial charge < -0.3 is 20.1 Å². The van der Waals surface area contributed by atoms with Crippen LogP contribution in [-0.2, 0) is 11.3 Å². The molecule has 2 atom stereocenters. The number of nitrogens with one attached hydrogen (secondary N) is 1. The van der Waals surface area contributed by atoms with Crippen LogP contribution in [0.4, 0.5) is 13.2 Å². The van der Waals surface area contributed by atoms with Gasteiger partial charge in [-0.2, -0.15) is 0 Å². The van der Waals surface area contributed by atoms with Crippen molar-refractivity contribution in [1.29, 1.82) is 0 Å². The molecule has 2 N–H and O–H groups in total. The lowest BCUT2D eigenvalue weighted by Crippen LogP contribution is -2.53. The summed E-state index contributed by atoms with van der Waals surface area (Å²) in [6.07, 6.45) is -0.709. The molecule has 2 aromatic carbocycles. The van der Waals surface area contributed by atoms with Gasteiger partial charge in [-0.05, 0) is 88.2 Å². The van der Waals surface area contributed by atoms with Crippen molar-refractivity contribution in [2.24, 2.45) is 5.41 Å². The maximum atomic E-state index is 13.5. The zero-order chi connectivity index (χ0) is 26.0. The Hall–Kier alpha value is -2.58. The summed E-state index contributed by atoms with van der Waals surface area (Å²) in [6.45, 7) is 5.32. The lowest BCUT2D eigenvalue weighted by atomic mass is 9.71. The van der Waals surface area contributed by atoms with Crippen LogP contribution in [0.25, 0.3) is 0 Å². The SMILES string of the molecule is CC(C)(O)C1(C(=O)NCc2cccc(OC(F)(F)F)c2)CCC(N2CCC(c3ccccc3)CC2)C1. The van der Waals surface area contributed by atoms with E-state index in [2.05, 4.69) is 39.2 Å². The number of likely N-dealkylation sites (tertiary alicyclic amines) is 1. The number of alkyl halides is 3. The van der Waals surface area contributed by atoms with E-state index in [4.69, 9.17) is 0 Å². The van der Waals surface area contributed by atoms with Crippen molar-refractivity contribution in [2.45, 2.75) is 76.4 Å². The van der Waals surface area contributed by atoms with Crippen LogP contribution < -0.4 is 10.1 Å². The Kier molecular flexibility index (Phi) is 7.67. The topological polar surface area (TPSA) is 61.8 Å². The number of rotatable bonds is 7. The summed E-state index contributed by atoms with van der Waals surface area (Å²) in [5.74, 6) is -0.0478. The van der Waals surface area contributed by atoms with E-state index >= 15 is 0 Å². The third kappa shape index (κ3) is 6.03. The van der Waals surface area contributed by atoms with Gasteiger partial charge in [-0.25, -0.2) is 0 Å². The van der Waals surface area contributed by atoms with Crippen LogP contribution in [-0.4, -0.2) is 47.0 Å². The number of hydrogen-bond acceptors (Lipinski definition) is 4. The zero-order valence-corrected chi connectivity index (χ0v) is 20.9. The van der Waals surface area contributed by atoms with Crippen molar-refractivity contribution < 1.29 is 27.8 Å². The van der Waals surface area contributed by atoms with Crippen LogP contribution in [0.2, 0.25) is 0 Å². The van der Waals surface area contributed by atoms with Gasteiger partial charge in [0, 0.05) is 12.6 Å². The molecular formula is C28H35F3N2O3. The van der Waals surface area contributed by atoms with Crippen molar-refractivity contribution in [2.75, 3.05) is 13.1 Å². The average molecular weight is 505 g/mol. The molecule has 36 heavy (non-hydrogen) atoms. The number of halogens is 3. The van der Waals surface area contributed by atoms with Crippen LogP contribution in [0.1, 0.15) is 63.0 Å². The first-order valence-corrected chi connectivity index (χ1v) is 12.6. The second-order valence-electron chi connectivity index (χ2n) is 10.6. The number of carbonyl (C=O) groups is 1. The fraction of sp³-hybridized carbons (Fsp3) is 0.536. The summed E-state index contributed by atoms with van der Waals surface area (Å²) >= 11 is 0. The first kappa shape index (κ1) is 26.5. The summed E-state index contributed by atoms with van der Waals surface area (Å²) in [5, 5.41) is 14.0. The van der Waals surface area contributed by atoms with Crippen molar-refractivity contribution >= 4 is 5.91 Å². The standard InChI is InChI=1S/C28H35F3N2O3/c1-26(2,35)27(25(34)32-19-20-7-6-10-24(17-20)36-28(29,30)31)14-11-23(18-27)33-15-12-22(13-16-33)21-8-4-3-5-9-21/h3-10,17,22-23,35H,11-16,18-19H2,1-2H3,(H,32,34). The molecule has 196 valence electrons. The highest BCUT2D eigenvalue weighted by molar-refractivity contribution is 5.84. The minimum absolute atomic E-state index is 0.0544. The molecule has 4 rings (SSSR count). The summed E-state index contributed by atoms with van der Waals surface area (Å²) < 4.78 is 41.6. The average Bonchev–Trinajstić information content (AvgIpc) is 3.30. The number of aliphatic hydroxyl groups is 1. The molecule has 2 unspecified atom stereocenters. The highest BCUT2D eigenvalue weighted by Crippen LogP contribution is 2.49. The third-order valence-corrected chi connectivity index (χ3v) is 8.00. The van der Waals surface area contributed by atoms with Crippen LogP contribution in [0.5, 0.6) is 5.75 Å². The monoisotopic (exact) mass is 504 g/mol. The molecule has 0 aromatic heterocycles. The molecule has 2 aromatic rings. The Balaban J connectivity index is 1.38. The first-order valence-electron chi connectivity index (χ1n) is 12.6. The molecule has 5 nitrogen and oxygen atoms in total. The molecule has 1 saturated carbocycles. The highest BCUT2D eigenvalue weighted by Gasteiger charge is 2.55. The number of hydrogen-bond donors (Lipinski definition) is 2. The normalized spacial score (nSPS) is 24.0. The van der Waals surface area contributed by atoms with Crippen LogP contribution >= 0.6 is 0 Å². The molecule has 2 fully saturated rings. The van der Waals surface area contributed by atoms with Crippen LogP contribution in [0, 0.1) is 5.41 Å². The summed E-state index contributed by atoms with van der Waals surface area (Å²) in [4.78, 5) is 15.9. The Morgan fingerprint density at radius 2 is 1.78 bits per heavy atom. The number of piperidine rings is 1. The number of carbonyl (C=O) groups excluding carboxylic acids is 1. The molecule has 1 amide bonds. The quantitative estimate of drug-likeness (QED) is 0.531. The van der Waals surface area contributed by atoms with Crippen molar-refractivity contribution in [3.8, 4) is 5.75 Å². The van der Waals surface area contributed by atoms with Crippen LogP contribution in [0.15, 0.2) is 54.6 Å². The zero-order valence-electron chi connectivity index (χ0n) is 20.9. The number of amides is 1. The van der Waals surface area contributed by atoms with Crippen molar-refractivity contribution in [3.05, 3.63) is 65.7 Å². The molecule has 0 bridgehead atoms. The molecule has 8 heteroatoms. The van der Waals surface area contributed by atoms with Gasteiger partial charge in [-0.3, -0.25) is 4.79 Å². The molecule has 1 saturated heterocycles. The number of nitrogens with zero attached hydrogens (tertiary/aromatic N) is 1. The maximum Gasteiger partial charge on any atom is 0.573 e. The second-order valence-corrected chi connectivity index (χ2v) is 10.6. The molecule has 1 aliphatic carbocycles. The van der Waals surface area contributed by atoms with E-state index in [-0.39, 0.29) is 24.2 Å². The number of ether oxygens (including phenoxy) is 1. The smallest absolute Gasteiger partial charge is 0.406 e. The summed E-state index contributed by atoms with van der Waals surface area (Å²) in [6, 6.07) is 16.3. The molecule has 1 aliphatic heterocycles. The fourth-order valence-corrected chi connectivity index (χ4v) is 5.90. The third-order valence-electron chi connectivity index (χ3n) is 8.00. The van der Waals surface area contributed by atoms with Gasteiger partial charge >= 0.3 is 6.36 Å². The van der Waals surface area contributed by atoms with E-state index in [1.54, 1.807) is 19.9 Å². The van der Waals surface area contributed by atoms with Gasteiger partial charge in [-0.15, -0.1) is 13.2 Å². The largest absolute Gasteiger partial charge is 0.573 e. The molecule has 0 radical (unpaired) electrons. The Bertz CT molecular complexity index is 1030. The van der Waals surface area contributed by atoms with Crippen molar-refractivity contribution in [3.63, 3.8) is 0 Å². The second kappa shape index (κ2) is 10.4. The summed E-state index contributed by atoms with van der Waals surface area (Å²) in [7, 11) is 0. The predicted molar refractivity (Wildman–Crippen MR) is 131 cm³/mol. The Labute approximate surface area is 210 Å². The molecule has 1 heterocycles. The van der Waals surface area contributed by atoms with Gasteiger partial charge in [-0.1, -0.05) is 42.5 Å². The minimum Gasteiger partial charge on any atom is -0.406 e. The van der Waals surface area contributed by atoms with E-state index in [1.165, 1.54) is 23.8 Å². The van der Waals surface area contributed by atoms with E-state index < -0.39 is 17.4 Å². The van der Waals surface area contributed by atoms with Crippen molar-refractivity contribution in [1.82, 2.24) is 10.2 Å². The summed E-state index contributed by atoms with van der Waals surface area (Å²) in [5.41, 5.74) is -0.337. The highest BCUT2D eigenvalue weighted by atomic mass is 19.4. The van der Waals surface area contributed by atoms with Gasteiger partial charge in [0.1, 0.15) is 5.75 Å². The van der Waals surface area contributed by atoms with Gasteiger partial charge in [0.05, 0.1) is 11.0 Å². The first-order chi connectivity index (χ1) is 17.0. The minimum atomic E-state index is -4.78. The predicted octanol–water partition coefficient (Wildman–Crippen LogP) is 5.39. The lowest BCUT2D eigenvalue weighted by molar-refractivity contribution is -0.274. The van der Waals surface area contributed by atoms with Gasteiger partial charge in [0.2, 0.25) is 5.91 Å². The van der Waals surface area contributed by atoms with E-state index in [9.17, 15) is 23.1 Å². The number of benzene rings is 2. The molecular weight excluding hydrogens is 469 g/mol. The maximum absolute atomic E-state index is 13.5. The van der Waals surface area contributed by atoms with E-state index in [1.807, 2.05) is 6.07 Å². The van der Waals surface area contributed by atoms with Gasteiger partial charge in [0.25, 0.3) is 0 Å². The van der Waals surface area contributed by atoms with E-state index in [0.29, 0.717) is 24.3 Å². The van der Waals surface area contributed by atoms with Crippen LogP contribution in [0.3, 0.4) is 0 Å². The van der Waals surface area contributed by atoms with E-state index in [0.717, 1.165) is 32.4 Å². The Morgan fingerprint density at radius 1 is 1.08 bits per heavy atom. The Morgan fingerprint density at radius 3 is 2.42 bits per heavy atom. The lowest BCUT2D eigenvalue weighted by Gasteiger charge is -2.41. The molecule has 0 spiro atoms.